The van der Waals surface area contributed by atoms with E-state index in [1.807, 2.05) is 0 Å². The van der Waals surface area contributed by atoms with Crippen molar-refractivity contribution in [2.75, 3.05) is 11.9 Å². The summed E-state index contributed by atoms with van der Waals surface area (Å²) in [5.74, 6) is -0.295. The number of rotatable bonds is 7. The van der Waals surface area contributed by atoms with Gasteiger partial charge in [0.1, 0.15) is 5.69 Å². The van der Waals surface area contributed by atoms with E-state index in [1.165, 1.54) is 18.2 Å². The molecule has 7 heteroatoms. The van der Waals surface area contributed by atoms with Crippen LogP contribution in [0.25, 0.3) is 0 Å². The van der Waals surface area contributed by atoms with Crippen LogP contribution in [0.3, 0.4) is 0 Å². The first-order chi connectivity index (χ1) is 13.5. The van der Waals surface area contributed by atoms with Gasteiger partial charge in [0.15, 0.2) is 5.78 Å². The van der Waals surface area contributed by atoms with Crippen LogP contribution in [0, 0.1) is 10.1 Å². The number of aliphatic hydroxyl groups is 1. The Kier molecular flexibility index (Phi) is 6.03. The number of anilines is 1. The van der Waals surface area contributed by atoms with Gasteiger partial charge in [-0.05, 0) is 29.8 Å². The van der Waals surface area contributed by atoms with Crippen LogP contribution in [0.1, 0.15) is 27.6 Å². The second-order valence-corrected chi connectivity index (χ2v) is 6.57. The third-order valence-electron chi connectivity index (χ3n) is 4.23. The highest BCUT2D eigenvalue weighted by Gasteiger charge is 2.19. The molecule has 0 fully saturated rings. The van der Waals surface area contributed by atoms with E-state index < -0.39 is 11.0 Å². The summed E-state index contributed by atoms with van der Waals surface area (Å²) in [6.45, 7) is 0.0639. The molecule has 142 valence electrons. The average molecular weight is 397 g/mol. The van der Waals surface area contributed by atoms with Crippen molar-refractivity contribution in [1.82, 2.24) is 0 Å². The fourth-order valence-electron chi connectivity index (χ4n) is 2.74. The number of nitrogens with zero attached hydrogens (tertiary/aromatic N) is 1. The molecule has 28 heavy (non-hydrogen) atoms. The fourth-order valence-corrected chi connectivity index (χ4v) is 2.87. The van der Waals surface area contributed by atoms with Crippen molar-refractivity contribution in [1.29, 1.82) is 0 Å². The van der Waals surface area contributed by atoms with Crippen LogP contribution in [-0.2, 0) is 0 Å². The Morgan fingerprint density at radius 1 is 1.04 bits per heavy atom. The van der Waals surface area contributed by atoms with Gasteiger partial charge in [-0.2, -0.15) is 0 Å². The maximum absolute atomic E-state index is 12.5. The monoisotopic (exact) mass is 396 g/mol. The number of aliphatic hydroxyl groups excluding tert-OH is 1. The Morgan fingerprint density at radius 2 is 1.71 bits per heavy atom. The van der Waals surface area contributed by atoms with Gasteiger partial charge in [-0.1, -0.05) is 54.1 Å². The minimum absolute atomic E-state index is 0.0639. The van der Waals surface area contributed by atoms with Gasteiger partial charge in [0.05, 0.1) is 11.0 Å². The summed E-state index contributed by atoms with van der Waals surface area (Å²) in [4.78, 5) is 23.4. The third-order valence-corrected chi connectivity index (χ3v) is 4.49. The molecule has 0 aliphatic carbocycles. The third kappa shape index (κ3) is 4.54. The Balaban J connectivity index is 1.79. The zero-order valence-electron chi connectivity index (χ0n) is 14.7. The minimum Gasteiger partial charge on any atom is -0.387 e. The van der Waals surface area contributed by atoms with Crippen LogP contribution in [-0.4, -0.2) is 22.4 Å². The molecule has 1 atom stereocenters. The molecular formula is C21H17ClN2O4. The van der Waals surface area contributed by atoms with Gasteiger partial charge in [-0.15, -0.1) is 0 Å². The van der Waals surface area contributed by atoms with Gasteiger partial charge in [0, 0.05) is 28.8 Å². The number of ketones is 1. The molecule has 0 spiro atoms. The molecule has 0 aliphatic heterocycles. The number of nitro groups is 1. The van der Waals surface area contributed by atoms with E-state index in [4.69, 9.17) is 11.6 Å². The van der Waals surface area contributed by atoms with Crippen molar-refractivity contribution in [3.05, 3.63) is 105 Å². The number of nitro benzene ring substituents is 1. The lowest BCUT2D eigenvalue weighted by Gasteiger charge is -2.14. The van der Waals surface area contributed by atoms with Crippen molar-refractivity contribution >= 4 is 28.8 Å². The second-order valence-electron chi connectivity index (χ2n) is 6.13. The van der Waals surface area contributed by atoms with E-state index in [2.05, 4.69) is 5.32 Å². The lowest BCUT2D eigenvalue weighted by atomic mass is 10.0. The zero-order chi connectivity index (χ0) is 20.1. The van der Waals surface area contributed by atoms with Crippen LogP contribution in [0.4, 0.5) is 11.4 Å². The topological polar surface area (TPSA) is 92.5 Å². The summed E-state index contributed by atoms with van der Waals surface area (Å²) < 4.78 is 0. The Morgan fingerprint density at radius 3 is 2.36 bits per heavy atom. The Hall–Kier alpha value is -3.22. The number of halogens is 1. The highest BCUT2D eigenvalue weighted by molar-refractivity contribution is 6.30. The quantitative estimate of drug-likeness (QED) is 0.345. The van der Waals surface area contributed by atoms with E-state index in [9.17, 15) is 20.0 Å². The van der Waals surface area contributed by atoms with Gasteiger partial charge in [-0.3, -0.25) is 14.9 Å². The van der Waals surface area contributed by atoms with Crippen LogP contribution in [0.15, 0.2) is 72.8 Å². The zero-order valence-corrected chi connectivity index (χ0v) is 15.5. The van der Waals surface area contributed by atoms with Gasteiger partial charge < -0.3 is 10.4 Å². The number of carbonyl (C=O) groups excluding carboxylic acids is 1. The summed E-state index contributed by atoms with van der Waals surface area (Å²) in [6, 6.07) is 19.5. The molecule has 0 heterocycles. The van der Waals surface area contributed by atoms with Crippen molar-refractivity contribution in [2.45, 2.75) is 6.10 Å². The van der Waals surface area contributed by atoms with E-state index in [-0.39, 0.29) is 29.3 Å². The highest BCUT2D eigenvalue weighted by Crippen LogP contribution is 2.28. The first-order valence-electron chi connectivity index (χ1n) is 8.51. The summed E-state index contributed by atoms with van der Waals surface area (Å²) in [6.07, 6.45) is -0.873. The molecule has 0 radical (unpaired) electrons. The maximum Gasteiger partial charge on any atom is 0.293 e. The number of carbonyl (C=O) groups is 1. The molecule has 0 aliphatic rings. The summed E-state index contributed by atoms with van der Waals surface area (Å²) in [5, 5.41) is 25.2. The van der Waals surface area contributed by atoms with Crippen LogP contribution in [0.2, 0.25) is 5.02 Å². The summed E-state index contributed by atoms with van der Waals surface area (Å²) >= 11 is 5.83. The molecule has 0 saturated carbocycles. The number of hydrogen-bond donors (Lipinski definition) is 2. The largest absolute Gasteiger partial charge is 0.387 e. The molecule has 2 N–H and O–H groups in total. The van der Waals surface area contributed by atoms with E-state index in [1.54, 1.807) is 54.6 Å². The second kappa shape index (κ2) is 8.65. The van der Waals surface area contributed by atoms with Crippen molar-refractivity contribution in [2.24, 2.45) is 0 Å². The minimum atomic E-state index is -0.873. The van der Waals surface area contributed by atoms with E-state index in [0.717, 1.165) is 0 Å². The SMILES string of the molecule is O=C(c1ccccc1)c1ccc(NCC(O)c2ccc(Cl)cc2)c([N+](=O)[O-])c1. The molecule has 3 aromatic carbocycles. The number of nitrogens with one attached hydrogen (secondary N) is 1. The van der Waals surface area contributed by atoms with Crippen molar-refractivity contribution in [3.63, 3.8) is 0 Å². The van der Waals surface area contributed by atoms with Crippen molar-refractivity contribution in [3.8, 4) is 0 Å². The van der Waals surface area contributed by atoms with Gasteiger partial charge in [-0.25, -0.2) is 0 Å². The molecule has 0 saturated heterocycles. The smallest absolute Gasteiger partial charge is 0.293 e. The first kappa shape index (κ1) is 19.5. The van der Waals surface area contributed by atoms with Crippen molar-refractivity contribution < 1.29 is 14.8 Å². The number of benzene rings is 3. The predicted octanol–water partition coefficient (Wildman–Crippen LogP) is 4.62. The summed E-state index contributed by atoms with van der Waals surface area (Å²) in [5.41, 5.74) is 1.31. The molecular weight excluding hydrogens is 380 g/mol. The highest BCUT2D eigenvalue weighted by atomic mass is 35.5. The van der Waals surface area contributed by atoms with Gasteiger partial charge in [0.25, 0.3) is 5.69 Å². The normalized spacial score (nSPS) is 11.6. The number of hydrogen-bond acceptors (Lipinski definition) is 5. The van der Waals surface area contributed by atoms with Crippen LogP contribution < -0.4 is 5.32 Å². The maximum atomic E-state index is 12.5. The predicted molar refractivity (Wildman–Crippen MR) is 108 cm³/mol. The fraction of sp³-hybridized carbons (Fsp3) is 0.0952. The first-order valence-corrected chi connectivity index (χ1v) is 8.89. The van der Waals surface area contributed by atoms with Gasteiger partial charge >= 0.3 is 0 Å². The molecule has 0 amide bonds. The lowest BCUT2D eigenvalue weighted by molar-refractivity contribution is -0.384. The summed E-state index contributed by atoms with van der Waals surface area (Å²) in [7, 11) is 0. The molecule has 3 rings (SSSR count). The Bertz CT molecular complexity index is 991. The van der Waals surface area contributed by atoms with Gasteiger partial charge in [0.2, 0.25) is 0 Å². The molecule has 3 aromatic rings. The molecule has 0 bridgehead atoms. The Labute approximate surface area is 166 Å². The average Bonchev–Trinajstić information content (AvgIpc) is 2.72. The molecule has 6 nitrogen and oxygen atoms in total. The molecule has 1 unspecified atom stereocenters. The van der Waals surface area contributed by atoms with Crippen LogP contribution in [0.5, 0.6) is 0 Å². The van der Waals surface area contributed by atoms with Crippen LogP contribution >= 0.6 is 11.6 Å². The molecule has 0 aromatic heterocycles. The standard InChI is InChI=1S/C21H17ClN2O4/c22-17-9-6-14(7-10-17)20(25)13-23-18-11-8-16(12-19(18)24(27)28)21(26)15-4-2-1-3-5-15/h1-12,20,23,25H,13H2. The lowest BCUT2D eigenvalue weighted by Crippen LogP contribution is -2.13. The van der Waals surface area contributed by atoms with E-state index >= 15 is 0 Å². The van der Waals surface area contributed by atoms with E-state index in [0.29, 0.717) is 16.1 Å².